The summed E-state index contributed by atoms with van der Waals surface area (Å²) in [6.07, 6.45) is 4.31. The van der Waals surface area contributed by atoms with Gasteiger partial charge < -0.3 is 4.90 Å². The number of hydrogen-bond donors (Lipinski definition) is 0. The summed E-state index contributed by atoms with van der Waals surface area (Å²) in [7, 11) is 0. The van der Waals surface area contributed by atoms with Gasteiger partial charge in [-0.1, -0.05) is 30.0 Å². The van der Waals surface area contributed by atoms with E-state index in [-0.39, 0.29) is 17.2 Å². The maximum atomic E-state index is 12.8. The molecule has 21 heavy (non-hydrogen) atoms. The third-order valence-corrected chi connectivity index (χ3v) is 4.59. The molecular weight excluding hydrogens is 282 g/mol. The van der Waals surface area contributed by atoms with Crippen molar-refractivity contribution in [3.63, 3.8) is 0 Å². The number of carbonyl (C=O) groups is 1. The largest absolute Gasteiger partial charge is 0.308 e. The fraction of sp³-hybridized carbons (Fsp3) is 0.312. The van der Waals surface area contributed by atoms with Crippen LogP contribution in [0, 0.1) is 0 Å². The van der Waals surface area contributed by atoms with Gasteiger partial charge in [-0.05, 0) is 38.0 Å². The SMILES string of the molecule is CC(Sc1ncccn1)C(=O)N1c2ccccc2CC1C. The van der Waals surface area contributed by atoms with Crippen molar-refractivity contribution in [2.75, 3.05) is 4.90 Å². The summed E-state index contributed by atoms with van der Waals surface area (Å²) in [5.74, 6) is 0.116. The van der Waals surface area contributed by atoms with Crippen molar-refractivity contribution in [2.45, 2.75) is 36.7 Å². The predicted octanol–water partition coefficient (Wildman–Crippen LogP) is 2.94. The van der Waals surface area contributed by atoms with E-state index in [2.05, 4.69) is 23.0 Å². The number of hydrogen-bond acceptors (Lipinski definition) is 4. The number of rotatable bonds is 3. The van der Waals surface area contributed by atoms with Gasteiger partial charge in [0.1, 0.15) is 0 Å². The van der Waals surface area contributed by atoms with Gasteiger partial charge in [-0.2, -0.15) is 0 Å². The van der Waals surface area contributed by atoms with Gasteiger partial charge in [0.15, 0.2) is 5.16 Å². The first kappa shape index (κ1) is 14.1. The molecule has 2 heterocycles. The first-order chi connectivity index (χ1) is 10.2. The van der Waals surface area contributed by atoms with E-state index in [0.717, 1.165) is 12.1 Å². The van der Waals surface area contributed by atoms with Crippen molar-refractivity contribution >= 4 is 23.4 Å². The predicted molar refractivity (Wildman–Crippen MR) is 84.4 cm³/mol. The van der Waals surface area contributed by atoms with Crippen LogP contribution in [0.2, 0.25) is 0 Å². The van der Waals surface area contributed by atoms with E-state index in [4.69, 9.17) is 0 Å². The summed E-state index contributed by atoms with van der Waals surface area (Å²) in [5.41, 5.74) is 2.28. The Kier molecular flexibility index (Phi) is 3.92. The van der Waals surface area contributed by atoms with Gasteiger partial charge in [-0.15, -0.1) is 0 Å². The van der Waals surface area contributed by atoms with Crippen molar-refractivity contribution < 1.29 is 4.79 Å². The van der Waals surface area contributed by atoms with Crippen LogP contribution in [0.3, 0.4) is 0 Å². The smallest absolute Gasteiger partial charge is 0.240 e. The quantitative estimate of drug-likeness (QED) is 0.646. The Morgan fingerprint density at radius 2 is 2.00 bits per heavy atom. The highest BCUT2D eigenvalue weighted by atomic mass is 32.2. The van der Waals surface area contributed by atoms with Crippen molar-refractivity contribution in [3.05, 3.63) is 48.3 Å². The summed E-state index contributed by atoms with van der Waals surface area (Å²) in [6, 6.07) is 10.1. The Morgan fingerprint density at radius 3 is 2.76 bits per heavy atom. The molecule has 1 aromatic carbocycles. The lowest BCUT2D eigenvalue weighted by atomic mass is 10.1. The Bertz CT molecular complexity index is 647. The second-order valence-electron chi connectivity index (χ2n) is 5.18. The highest BCUT2D eigenvalue weighted by Gasteiger charge is 2.33. The maximum absolute atomic E-state index is 12.8. The van der Waals surface area contributed by atoms with Gasteiger partial charge in [0, 0.05) is 24.1 Å². The number of nitrogens with zero attached hydrogens (tertiary/aromatic N) is 3. The van der Waals surface area contributed by atoms with Crippen LogP contribution in [0.25, 0.3) is 0 Å². The van der Waals surface area contributed by atoms with E-state index in [0.29, 0.717) is 5.16 Å². The number of amides is 1. The highest BCUT2D eigenvalue weighted by Crippen LogP contribution is 2.34. The molecule has 1 aliphatic rings. The van der Waals surface area contributed by atoms with Crippen LogP contribution in [0.15, 0.2) is 47.9 Å². The second kappa shape index (κ2) is 5.85. The van der Waals surface area contributed by atoms with Crippen LogP contribution >= 0.6 is 11.8 Å². The van der Waals surface area contributed by atoms with Crippen molar-refractivity contribution in [1.29, 1.82) is 0 Å². The number of anilines is 1. The minimum absolute atomic E-state index is 0.116. The lowest BCUT2D eigenvalue weighted by Gasteiger charge is -2.25. The zero-order valence-corrected chi connectivity index (χ0v) is 12.9. The normalized spacial score (nSPS) is 18.4. The van der Waals surface area contributed by atoms with E-state index in [1.54, 1.807) is 18.5 Å². The highest BCUT2D eigenvalue weighted by molar-refractivity contribution is 8.00. The molecule has 108 valence electrons. The summed E-state index contributed by atoms with van der Waals surface area (Å²) in [5, 5.41) is 0.430. The van der Waals surface area contributed by atoms with Gasteiger partial charge in [-0.3, -0.25) is 4.79 Å². The molecular formula is C16H17N3OS. The number of thioether (sulfide) groups is 1. The Balaban J connectivity index is 1.79. The van der Waals surface area contributed by atoms with Crippen molar-refractivity contribution in [3.8, 4) is 0 Å². The summed E-state index contributed by atoms with van der Waals surface area (Å²) < 4.78 is 0. The zero-order chi connectivity index (χ0) is 14.8. The number of benzene rings is 1. The van der Waals surface area contributed by atoms with E-state index in [1.807, 2.05) is 30.0 Å². The minimum atomic E-state index is -0.207. The molecule has 2 unspecified atom stereocenters. The Hall–Kier alpha value is -1.88. The number of fused-ring (bicyclic) bond motifs is 1. The van der Waals surface area contributed by atoms with Crippen LogP contribution in [0.5, 0.6) is 0 Å². The Morgan fingerprint density at radius 1 is 1.29 bits per heavy atom. The van der Waals surface area contributed by atoms with Gasteiger partial charge in [0.2, 0.25) is 5.91 Å². The van der Waals surface area contributed by atoms with Gasteiger partial charge in [0.25, 0.3) is 0 Å². The molecule has 1 amide bonds. The standard InChI is InChI=1S/C16H17N3OS/c1-11-10-13-6-3-4-7-14(13)19(11)15(20)12(2)21-16-17-8-5-9-18-16/h3-9,11-12H,10H2,1-2H3. The number of carbonyl (C=O) groups excluding carboxylic acids is 1. The lowest BCUT2D eigenvalue weighted by Crippen LogP contribution is -2.40. The molecule has 0 saturated carbocycles. The monoisotopic (exact) mass is 299 g/mol. The first-order valence-electron chi connectivity index (χ1n) is 7.01. The molecule has 0 N–H and O–H groups in total. The van der Waals surface area contributed by atoms with Gasteiger partial charge in [-0.25, -0.2) is 9.97 Å². The van der Waals surface area contributed by atoms with E-state index >= 15 is 0 Å². The van der Waals surface area contributed by atoms with Gasteiger partial charge in [0.05, 0.1) is 5.25 Å². The van der Waals surface area contributed by atoms with E-state index in [9.17, 15) is 4.79 Å². The van der Waals surface area contributed by atoms with Crippen molar-refractivity contribution in [1.82, 2.24) is 9.97 Å². The van der Waals surface area contributed by atoms with E-state index in [1.165, 1.54) is 17.3 Å². The van der Waals surface area contributed by atoms with Crippen LogP contribution < -0.4 is 4.90 Å². The average molecular weight is 299 g/mol. The second-order valence-corrected chi connectivity index (χ2v) is 6.49. The summed E-state index contributed by atoms with van der Waals surface area (Å²) in [6.45, 7) is 4.01. The van der Waals surface area contributed by atoms with E-state index < -0.39 is 0 Å². The lowest BCUT2D eigenvalue weighted by molar-refractivity contribution is -0.118. The summed E-state index contributed by atoms with van der Waals surface area (Å²) >= 11 is 1.40. The summed E-state index contributed by atoms with van der Waals surface area (Å²) in [4.78, 5) is 23.0. The Labute approximate surface area is 128 Å². The fourth-order valence-electron chi connectivity index (χ4n) is 2.65. The molecule has 0 bridgehead atoms. The number of aromatic nitrogens is 2. The number of para-hydroxylation sites is 1. The molecule has 0 aliphatic carbocycles. The molecule has 1 aromatic heterocycles. The van der Waals surface area contributed by atoms with Crippen LogP contribution in [0.1, 0.15) is 19.4 Å². The molecule has 4 nitrogen and oxygen atoms in total. The third-order valence-electron chi connectivity index (χ3n) is 3.62. The topological polar surface area (TPSA) is 46.1 Å². The molecule has 2 atom stereocenters. The molecule has 0 fully saturated rings. The molecule has 0 spiro atoms. The molecule has 5 heteroatoms. The zero-order valence-electron chi connectivity index (χ0n) is 12.1. The van der Waals surface area contributed by atoms with Crippen LogP contribution in [-0.2, 0) is 11.2 Å². The van der Waals surface area contributed by atoms with Crippen LogP contribution in [-0.4, -0.2) is 27.2 Å². The minimum Gasteiger partial charge on any atom is -0.308 e. The molecule has 0 saturated heterocycles. The maximum Gasteiger partial charge on any atom is 0.240 e. The molecule has 2 aromatic rings. The first-order valence-corrected chi connectivity index (χ1v) is 7.89. The van der Waals surface area contributed by atoms with Crippen molar-refractivity contribution in [2.24, 2.45) is 0 Å². The third kappa shape index (κ3) is 2.78. The molecule has 1 aliphatic heterocycles. The van der Waals surface area contributed by atoms with Crippen LogP contribution in [0.4, 0.5) is 5.69 Å². The molecule has 3 rings (SSSR count). The fourth-order valence-corrected chi connectivity index (χ4v) is 3.43. The van der Waals surface area contributed by atoms with Gasteiger partial charge >= 0.3 is 0 Å². The molecule has 0 radical (unpaired) electrons. The average Bonchev–Trinajstić information content (AvgIpc) is 2.83.